The Morgan fingerprint density at radius 2 is 1.90 bits per heavy atom. The number of rotatable bonds is 10. The average molecular weight is 452 g/mol. The molecule has 2 N–H and O–H groups in total. The van der Waals surface area contributed by atoms with Crippen LogP contribution in [0, 0.1) is 5.82 Å². The Bertz CT molecular complexity index is 866. The van der Waals surface area contributed by atoms with E-state index in [0.717, 1.165) is 5.56 Å². The van der Waals surface area contributed by atoms with E-state index < -0.39 is 11.9 Å². The molecule has 0 spiro atoms. The van der Waals surface area contributed by atoms with Gasteiger partial charge in [0.15, 0.2) is 0 Å². The van der Waals surface area contributed by atoms with E-state index in [4.69, 9.17) is 11.6 Å². The normalized spacial score (nSPS) is 13.0. The van der Waals surface area contributed by atoms with Crippen molar-refractivity contribution in [2.24, 2.45) is 0 Å². The number of likely N-dealkylation sites (N-methyl/N-ethyl adjacent to an activating group) is 1. The van der Waals surface area contributed by atoms with Gasteiger partial charge < -0.3 is 15.5 Å². The second-order valence-corrected chi connectivity index (χ2v) is 8.46. The number of nitrogens with one attached hydrogen (secondary N) is 2. The standard InChI is InChI=1S/C22H27ClFN3O2S/c1-27(2)20(15-7-6-8-16(24)13-15)14-25-22(29)19(11-12-30-3)26-21(28)17-9-4-5-10-18(17)23/h4-10,13,19-20H,11-12,14H2,1-3H3,(H,25,29)(H,26,28). The molecule has 0 aliphatic carbocycles. The Balaban J connectivity index is 2.08. The van der Waals surface area contributed by atoms with Gasteiger partial charge in [0, 0.05) is 6.54 Å². The van der Waals surface area contributed by atoms with Gasteiger partial charge in [0.1, 0.15) is 11.9 Å². The van der Waals surface area contributed by atoms with E-state index in [1.165, 1.54) is 12.1 Å². The highest BCUT2D eigenvalue weighted by Gasteiger charge is 2.24. The first-order chi connectivity index (χ1) is 14.3. The van der Waals surface area contributed by atoms with E-state index >= 15 is 0 Å². The third-order valence-corrected chi connectivity index (χ3v) is 5.65. The van der Waals surface area contributed by atoms with E-state index in [0.29, 0.717) is 22.8 Å². The van der Waals surface area contributed by atoms with Crippen molar-refractivity contribution in [3.05, 3.63) is 70.5 Å². The fraction of sp³-hybridized carbons (Fsp3) is 0.364. The van der Waals surface area contributed by atoms with E-state index in [2.05, 4.69) is 10.6 Å². The minimum Gasteiger partial charge on any atom is -0.352 e. The molecule has 2 unspecified atom stereocenters. The van der Waals surface area contributed by atoms with Crippen molar-refractivity contribution in [2.75, 3.05) is 32.6 Å². The molecule has 0 saturated carbocycles. The molecular weight excluding hydrogens is 425 g/mol. The van der Waals surface area contributed by atoms with Crippen LogP contribution in [0.4, 0.5) is 4.39 Å². The number of halogens is 2. The molecule has 0 aliphatic heterocycles. The molecule has 0 aromatic heterocycles. The summed E-state index contributed by atoms with van der Waals surface area (Å²) in [7, 11) is 3.73. The number of benzene rings is 2. The molecule has 0 heterocycles. The fourth-order valence-electron chi connectivity index (χ4n) is 3.02. The predicted octanol–water partition coefficient (Wildman–Crippen LogP) is 3.75. The molecule has 2 atom stereocenters. The second-order valence-electron chi connectivity index (χ2n) is 7.07. The summed E-state index contributed by atoms with van der Waals surface area (Å²) in [6.45, 7) is 0.285. The zero-order chi connectivity index (χ0) is 22.1. The highest BCUT2D eigenvalue weighted by molar-refractivity contribution is 7.98. The van der Waals surface area contributed by atoms with E-state index in [1.807, 2.05) is 31.3 Å². The number of nitrogens with zero attached hydrogens (tertiary/aromatic N) is 1. The largest absolute Gasteiger partial charge is 0.352 e. The Morgan fingerprint density at radius 3 is 2.53 bits per heavy atom. The first-order valence-electron chi connectivity index (χ1n) is 9.57. The molecule has 2 aromatic carbocycles. The molecular formula is C22H27ClFN3O2S. The zero-order valence-corrected chi connectivity index (χ0v) is 18.9. The number of hydrogen-bond acceptors (Lipinski definition) is 4. The molecule has 2 rings (SSSR count). The quantitative estimate of drug-likeness (QED) is 0.577. The van der Waals surface area contributed by atoms with Gasteiger partial charge in [0.25, 0.3) is 5.91 Å². The van der Waals surface area contributed by atoms with Crippen molar-refractivity contribution >= 4 is 35.2 Å². The lowest BCUT2D eigenvalue weighted by atomic mass is 10.1. The van der Waals surface area contributed by atoms with E-state index in [9.17, 15) is 14.0 Å². The number of amides is 2. The Labute approximate surface area is 186 Å². The molecule has 30 heavy (non-hydrogen) atoms. The molecule has 2 aromatic rings. The van der Waals surface area contributed by atoms with Crippen molar-refractivity contribution in [2.45, 2.75) is 18.5 Å². The number of carbonyl (C=O) groups is 2. The smallest absolute Gasteiger partial charge is 0.253 e. The lowest BCUT2D eigenvalue weighted by molar-refractivity contribution is -0.123. The molecule has 0 fully saturated rings. The van der Waals surface area contributed by atoms with Crippen molar-refractivity contribution < 1.29 is 14.0 Å². The summed E-state index contributed by atoms with van der Waals surface area (Å²) in [5.74, 6) is -0.290. The van der Waals surface area contributed by atoms with Gasteiger partial charge in [-0.15, -0.1) is 0 Å². The lowest BCUT2D eigenvalue weighted by Crippen LogP contribution is -2.48. The number of hydrogen-bond donors (Lipinski definition) is 2. The molecule has 0 radical (unpaired) electrons. The SMILES string of the molecule is CSCCC(NC(=O)c1ccccc1Cl)C(=O)NCC(c1cccc(F)c1)N(C)C. The summed E-state index contributed by atoms with van der Waals surface area (Å²) in [6.07, 6.45) is 2.42. The summed E-state index contributed by atoms with van der Waals surface area (Å²) in [4.78, 5) is 27.4. The summed E-state index contributed by atoms with van der Waals surface area (Å²) in [5, 5.41) is 6.02. The van der Waals surface area contributed by atoms with Crippen LogP contribution in [0.2, 0.25) is 5.02 Å². The van der Waals surface area contributed by atoms with Gasteiger partial charge in [-0.05, 0) is 62.4 Å². The third-order valence-electron chi connectivity index (χ3n) is 4.68. The van der Waals surface area contributed by atoms with Crippen LogP contribution in [0.5, 0.6) is 0 Å². The maximum atomic E-state index is 13.6. The van der Waals surface area contributed by atoms with E-state index in [-0.39, 0.29) is 24.3 Å². The Hall–Kier alpha value is -2.09. The molecule has 2 amide bonds. The number of carbonyl (C=O) groups excluding carboxylic acids is 2. The van der Waals surface area contributed by atoms with Crippen LogP contribution in [0.3, 0.4) is 0 Å². The maximum Gasteiger partial charge on any atom is 0.253 e. The highest BCUT2D eigenvalue weighted by atomic mass is 35.5. The summed E-state index contributed by atoms with van der Waals surface area (Å²) in [6, 6.07) is 12.1. The molecule has 0 saturated heterocycles. The third kappa shape index (κ3) is 7.00. The van der Waals surface area contributed by atoms with Crippen LogP contribution in [-0.4, -0.2) is 55.4 Å². The summed E-state index contributed by atoms with van der Waals surface area (Å²) < 4.78 is 13.6. The molecule has 5 nitrogen and oxygen atoms in total. The molecule has 0 aliphatic rings. The highest BCUT2D eigenvalue weighted by Crippen LogP contribution is 2.19. The lowest BCUT2D eigenvalue weighted by Gasteiger charge is -2.26. The van der Waals surface area contributed by atoms with Crippen LogP contribution in [-0.2, 0) is 4.79 Å². The monoisotopic (exact) mass is 451 g/mol. The fourth-order valence-corrected chi connectivity index (χ4v) is 3.71. The van der Waals surface area contributed by atoms with Gasteiger partial charge >= 0.3 is 0 Å². The van der Waals surface area contributed by atoms with Gasteiger partial charge in [0.2, 0.25) is 5.91 Å². The van der Waals surface area contributed by atoms with Gasteiger partial charge in [-0.25, -0.2) is 4.39 Å². The molecule has 0 bridgehead atoms. The van der Waals surface area contributed by atoms with Crippen LogP contribution in [0.25, 0.3) is 0 Å². The maximum absolute atomic E-state index is 13.6. The van der Waals surface area contributed by atoms with Gasteiger partial charge in [-0.3, -0.25) is 9.59 Å². The van der Waals surface area contributed by atoms with E-state index in [1.54, 1.807) is 42.1 Å². The first kappa shape index (κ1) is 24.2. The average Bonchev–Trinajstić information content (AvgIpc) is 2.71. The van der Waals surface area contributed by atoms with Crippen molar-refractivity contribution in [1.29, 1.82) is 0 Å². The van der Waals surface area contributed by atoms with Crippen molar-refractivity contribution in [1.82, 2.24) is 15.5 Å². The van der Waals surface area contributed by atoms with Gasteiger partial charge in [-0.2, -0.15) is 11.8 Å². The minimum atomic E-state index is -0.698. The topological polar surface area (TPSA) is 61.4 Å². The number of thioether (sulfide) groups is 1. The minimum absolute atomic E-state index is 0.204. The van der Waals surface area contributed by atoms with Crippen LogP contribution in [0.1, 0.15) is 28.4 Å². The van der Waals surface area contributed by atoms with Crippen molar-refractivity contribution in [3.63, 3.8) is 0 Å². The Morgan fingerprint density at radius 1 is 1.17 bits per heavy atom. The predicted molar refractivity (Wildman–Crippen MR) is 122 cm³/mol. The first-order valence-corrected chi connectivity index (χ1v) is 11.3. The van der Waals surface area contributed by atoms with Crippen LogP contribution in [0.15, 0.2) is 48.5 Å². The zero-order valence-electron chi connectivity index (χ0n) is 17.3. The van der Waals surface area contributed by atoms with Crippen LogP contribution < -0.4 is 10.6 Å². The van der Waals surface area contributed by atoms with Crippen molar-refractivity contribution in [3.8, 4) is 0 Å². The summed E-state index contributed by atoms with van der Waals surface area (Å²) >= 11 is 7.70. The summed E-state index contributed by atoms with van der Waals surface area (Å²) in [5.41, 5.74) is 1.09. The molecule has 8 heteroatoms. The van der Waals surface area contributed by atoms with Gasteiger partial charge in [0.05, 0.1) is 16.6 Å². The molecule has 162 valence electrons. The second kappa shape index (κ2) is 11.9. The van der Waals surface area contributed by atoms with Gasteiger partial charge in [-0.1, -0.05) is 35.9 Å². The Kier molecular flexibility index (Phi) is 9.62. The van der Waals surface area contributed by atoms with Crippen LogP contribution >= 0.6 is 23.4 Å².